The number of carbonyl (C=O) groups is 1. The molecule has 0 amide bonds. The summed E-state index contributed by atoms with van der Waals surface area (Å²) in [4.78, 5) is 22.2. The molecule has 0 spiro atoms. The number of carbonyl (C=O) groups excluding carboxylic acids is 1. The van der Waals surface area contributed by atoms with E-state index in [1.807, 2.05) is 60.1 Å². The van der Waals surface area contributed by atoms with E-state index in [9.17, 15) is 4.79 Å². The molecule has 0 atom stereocenters. The Morgan fingerprint density at radius 2 is 1.17 bits per heavy atom. The van der Waals surface area contributed by atoms with Crippen molar-refractivity contribution in [3.05, 3.63) is 132 Å². The molecule has 7 aromatic rings. The summed E-state index contributed by atoms with van der Waals surface area (Å²) in [7, 11) is 20.1. The van der Waals surface area contributed by atoms with Gasteiger partial charge < -0.3 is 5.48 Å². The molecule has 2 aliphatic carbocycles. The summed E-state index contributed by atoms with van der Waals surface area (Å²) >= 11 is 3.34. The molecule has 4 aromatic carbocycles. The second-order valence-corrected chi connectivity index (χ2v) is 29.7. The van der Waals surface area contributed by atoms with Crippen LogP contribution in [0.4, 0.5) is 0 Å². The molecule has 1 saturated carbocycles. The molecule has 272 valence electrons. The average molecular weight is 858 g/mol. The van der Waals surface area contributed by atoms with Crippen LogP contribution in [0.2, 0.25) is 0 Å². The van der Waals surface area contributed by atoms with E-state index in [0.29, 0.717) is 5.78 Å². The molecule has 9 rings (SSSR count). The first-order valence-corrected chi connectivity index (χ1v) is 27.1. The van der Waals surface area contributed by atoms with Crippen molar-refractivity contribution in [3.8, 4) is 22.5 Å². The third-order valence-electron chi connectivity index (χ3n) is 8.95. The van der Waals surface area contributed by atoms with Crippen LogP contribution in [0.25, 0.3) is 54.1 Å². The van der Waals surface area contributed by atoms with Crippen LogP contribution in [0.3, 0.4) is 0 Å². The van der Waals surface area contributed by atoms with Gasteiger partial charge in [-0.1, -0.05) is 84.9 Å². The van der Waals surface area contributed by atoms with Gasteiger partial charge in [0.15, 0.2) is 0 Å². The second kappa shape index (κ2) is 19.8. The second-order valence-electron chi connectivity index (χ2n) is 12.6. The number of benzene rings is 4. The molecule has 0 aliphatic heterocycles. The Balaban J connectivity index is 0.000000158. The predicted molar refractivity (Wildman–Crippen MR) is 228 cm³/mol. The molecule has 1 fully saturated rings. The van der Waals surface area contributed by atoms with Gasteiger partial charge in [0.05, 0.1) is 24.2 Å². The van der Waals surface area contributed by atoms with E-state index >= 15 is 0 Å². The maximum absolute atomic E-state index is 10.4. The van der Waals surface area contributed by atoms with E-state index in [0.717, 1.165) is 46.5 Å². The van der Waals surface area contributed by atoms with Crippen LogP contribution >= 0.6 is 61.2 Å². The normalized spacial score (nSPS) is 13.6. The third kappa shape index (κ3) is 11.7. The number of halogens is 4. The fourth-order valence-electron chi connectivity index (χ4n) is 6.45. The van der Waals surface area contributed by atoms with E-state index in [2.05, 4.69) is 84.3 Å². The molecule has 11 heteroatoms. The smallest absolute Gasteiger partial charge is 0.0722 e. The Bertz CT molecular complexity index is 2300. The third-order valence-corrected chi connectivity index (χ3v) is 10.7. The SMILES string of the molecule is O.O=C1[CH+]CCCC1.Sc1ccccc1-c1cc2ccccc2cn1.[Cl][Ti]([Cl])([Cl])[Cl].c1ccc2cc(-c3cccc4c5c(sc34)CCCC5)ncc2c1. The van der Waals surface area contributed by atoms with Crippen LogP contribution in [0, 0.1) is 6.42 Å². The number of aromatic nitrogens is 2. The average Bonchev–Trinajstić information content (AvgIpc) is 3.54. The Morgan fingerprint density at radius 3 is 1.74 bits per heavy atom. The zero-order valence-electron chi connectivity index (χ0n) is 28.9. The minimum absolute atomic E-state index is 0. The van der Waals surface area contributed by atoms with Crippen LogP contribution in [0.5, 0.6) is 0 Å². The van der Waals surface area contributed by atoms with Crippen molar-refractivity contribution in [2.75, 3.05) is 0 Å². The maximum atomic E-state index is 10.4. The fourth-order valence-corrected chi connectivity index (χ4v) is 8.13. The van der Waals surface area contributed by atoms with Gasteiger partial charge in [0.2, 0.25) is 0 Å². The molecule has 0 radical (unpaired) electrons. The van der Waals surface area contributed by atoms with Crippen molar-refractivity contribution in [2.45, 2.75) is 56.3 Å². The Kier molecular flexibility index (Phi) is 15.5. The van der Waals surface area contributed by atoms with Gasteiger partial charge in [-0.3, -0.25) is 9.97 Å². The number of fused-ring (bicyclic) bond motifs is 5. The van der Waals surface area contributed by atoms with Crippen molar-refractivity contribution in [1.82, 2.24) is 9.97 Å². The zero-order valence-corrected chi connectivity index (χ0v) is 35.2. The first-order chi connectivity index (χ1) is 25.1. The molecule has 4 nitrogen and oxygen atoms in total. The number of aryl methyl sites for hydroxylation is 2. The van der Waals surface area contributed by atoms with Crippen molar-refractivity contribution in [1.29, 1.82) is 0 Å². The molecular weight excluding hydrogens is 818 g/mol. The number of thiol groups is 1. The zero-order chi connectivity index (χ0) is 36.5. The Hall–Kier alpha value is -2.62. The number of hydrogen-bond donors (Lipinski definition) is 1. The first kappa shape index (κ1) is 41.5. The number of rotatable bonds is 2. The topological polar surface area (TPSA) is 74.3 Å². The van der Waals surface area contributed by atoms with Gasteiger partial charge in [-0.2, -0.15) is 0 Å². The first-order valence-electron chi connectivity index (χ1n) is 17.3. The molecule has 53 heavy (non-hydrogen) atoms. The fraction of sp³-hybridized carbons (Fsp3) is 0.190. The van der Waals surface area contributed by atoms with E-state index in [1.54, 1.807) is 16.9 Å². The van der Waals surface area contributed by atoms with Gasteiger partial charge in [0, 0.05) is 48.8 Å². The molecule has 2 N–H and O–H groups in total. The van der Waals surface area contributed by atoms with Gasteiger partial charge in [-0.05, 0) is 78.4 Å². The van der Waals surface area contributed by atoms with Crippen LogP contribution in [-0.4, -0.2) is 21.2 Å². The number of nitrogens with zero attached hydrogens (tertiary/aromatic N) is 2. The molecule has 3 aromatic heterocycles. The summed E-state index contributed by atoms with van der Waals surface area (Å²) < 4.78 is 1.42. The monoisotopic (exact) mass is 855 g/mol. The van der Waals surface area contributed by atoms with Gasteiger partial charge in [-0.15, -0.1) is 24.0 Å². The Labute approximate surface area is 339 Å². The van der Waals surface area contributed by atoms with E-state index in [4.69, 9.17) is 42.2 Å². The minimum atomic E-state index is -3.11. The van der Waals surface area contributed by atoms with E-state index < -0.39 is 12.3 Å². The summed E-state index contributed by atoms with van der Waals surface area (Å²) in [5.41, 5.74) is 6.01. The predicted octanol–water partition coefficient (Wildman–Crippen LogP) is 13.5. The maximum Gasteiger partial charge on any atom is 0.0722 e. The standard InChI is InChI=1S/C21H17NS.C15H11NS.C6H9O.4ClH.H2O.Ti/c1-2-7-15-13-22-19(12-14(15)6-1)18-10-5-9-17-16-8-3-4-11-20(16)23-21(17)18;17-15-8-4-3-7-13(15)14-9-11-5-1-2-6-12(11)10-16-14;7-6-4-2-1-3-5-6;;;;;;/h1-2,5-7,9-10,12-13H,3-4,8,11H2;1-10,17H;4H,1-3,5H2;4*1H;1H2;/q;;+1;;;;;;+4/p-4. The number of pyridine rings is 2. The van der Waals surface area contributed by atoms with Gasteiger partial charge >= 0.3 is 55.3 Å². The van der Waals surface area contributed by atoms with Gasteiger partial charge in [0.1, 0.15) is 6.42 Å². The quantitative estimate of drug-likeness (QED) is 0.107. The summed E-state index contributed by atoms with van der Waals surface area (Å²) in [5.74, 6) is 0.339. The molecule has 2 aliphatic rings. The van der Waals surface area contributed by atoms with E-state index in [1.165, 1.54) is 63.9 Å². The van der Waals surface area contributed by atoms with Gasteiger partial charge in [0.25, 0.3) is 0 Å². The summed E-state index contributed by atoms with van der Waals surface area (Å²) in [6.45, 7) is 0. The molecule has 3 heterocycles. The van der Waals surface area contributed by atoms with Crippen LogP contribution in [0.1, 0.15) is 49.0 Å². The molecule has 0 saturated heterocycles. The number of Topliss-reactive ketones (excluding diaryl/α,β-unsaturated/α-hetero) is 1. The van der Waals surface area contributed by atoms with Crippen molar-refractivity contribution < 1.29 is 22.6 Å². The van der Waals surface area contributed by atoms with Crippen LogP contribution in [0.15, 0.2) is 120 Å². The van der Waals surface area contributed by atoms with Crippen LogP contribution in [-0.2, 0) is 30.0 Å². The van der Waals surface area contributed by atoms with Crippen molar-refractivity contribution in [2.24, 2.45) is 0 Å². The largest absolute Gasteiger partial charge is 0.256 e. The molecular formula is C42H39Cl4N2O2S2Ti+. The Morgan fingerprint density at radius 1 is 0.642 bits per heavy atom. The molecule has 0 unspecified atom stereocenters. The van der Waals surface area contributed by atoms with Gasteiger partial charge in [-0.25, -0.2) is 4.79 Å². The van der Waals surface area contributed by atoms with Crippen molar-refractivity contribution in [3.63, 3.8) is 0 Å². The number of thiophene rings is 1. The minimum Gasteiger partial charge on any atom is -0.256 e. The van der Waals surface area contributed by atoms with Crippen molar-refractivity contribution >= 4 is 98.6 Å². The summed E-state index contributed by atoms with van der Waals surface area (Å²) in [6.07, 6.45) is 15.0. The molecule has 0 bridgehead atoms. The number of hydrogen-bond acceptors (Lipinski definition) is 5. The van der Waals surface area contributed by atoms with Crippen LogP contribution < -0.4 is 0 Å². The summed E-state index contributed by atoms with van der Waals surface area (Å²) in [6, 6.07) is 35.7. The van der Waals surface area contributed by atoms with E-state index in [-0.39, 0.29) is 5.48 Å². The summed E-state index contributed by atoms with van der Waals surface area (Å²) in [5, 5.41) is 6.28. The number of ketones is 1.